The summed E-state index contributed by atoms with van der Waals surface area (Å²) < 4.78 is 61.5. The maximum absolute atomic E-state index is 15.2. The van der Waals surface area contributed by atoms with Gasteiger partial charge in [0.2, 0.25) is 0 Å². The van der Waals surface area contributed by atoms with Crippen LogP contribution in [0.25, 0.3) is 0 Å². The molecule has 0 aliphatic heterocycles. The van der Waals surface area contributed by atoms with E-state index in [9.17, 15) is 17.9 Å². The second-order valence-corrected chi connectivity index (χ2v) is 7.24. The summed E-state index contributed by atoms with van der Waals surface area (Å²) in [5.41, 5.74) is -2.97. The first-order valence-corrected chi connectivity index (χ1v) is 7.84. The zero-order valence-corrected chi connectivity index (χ0v) is 11.7. The van der Waals surface area contributed by atoms with Gasteiger partial charge in [0.15, 0.2) is 5.67 Å². The van der Waals surface area contributed by atoms with Crippen LogP contribution in [0.1, 0.15) is 19.3 Å². The summed E-state index contributed by atoms with van der Waals surface area (Å²) in [5.74, 6) is -1.47. The van der Waals surface area contributed by atoms with E-state index in [2.05, 4.69) is 13.2 Å². The molecule has 2 aliphatic carbocycles. The Kier molecular flexibility index (Phi) is 3.59. The van der Waals surface area contributed by atoms with Gasteiger partial charge in [0.1, 0.15) is 0 Å². The Balaban J connectivity index is 2.45. The molecule has 4 nitrogen and oxygen atoms in total. The second-order valence-electron chi connectivity index (χ2n) is 5.70. The first-order valence-electron chi connectivity index (χ1n) is 6.40. The van der Waals surface area contributed by atoms with E-state index in [1.807, 2.05) is 0 Å². The molecular weight excluding hydrogens is 290 g/mol. The Labute approximate surface area is 116 Å². The summed E-state index contributed by atoms with van der Waals surface area (Å²) in [6.07, 6.45) is 1.28. The largest absolute Gasteiger partial charge is 0.393 e. The smallest absolute Gasteiger partial charge is 0.308 e. The van der Waals surface area contributed by atoms with E-state index in [4.69, 9.17) is 4.55 Å². The third kappa shape index (κ3) is 1.87. The molecule has 114 valence electrons. The number of hydrogen-bond donors (Lipinski definition) is 2. The van der Waals surface area contributed by atoms with Crippen LogP contribution in [0, 0.1) is 17.8 Å². The lowest BCUT2D eigenvalue weighted by Crippen LogP contribution is -2.56. The average molecular weight is 308 g/mol. The summed E-state index contributed by atoms with van der Waals surface area (Å²) >= 11 is 0. The number of aliphatic hydroxyl groups excluding tert-OH is 1. The molecule has 0 amide bonds. The molecule has 2 rings (SSSR count). The zero-order chi connectivity index (χ0) is 15.3. The average Bonchev–Trinajstić information content (AvgIpc) is 2.94. The molecule has 0 aromatic heterocycles. The first-order chi connectivity index (χ1) is 9.10. The van der Waals surface area contributed by atoms with Crippen LogP contribution in [-0.2, 0) is 10.1 Å². The number of fused-ring (bicyclic) bond motifs is 2. The molecule has 6 unspecified atom stereocenters. The molecule has 7 heteroatoms. The Morgan fingerprint density at radius 1 is 1.10 bits per heavy atom. The maximum Gasteiger partial charge on any atom is 0.308 e. The van der Waals surface area contributed by atoms with Crippen molar-refractivity contribution in [2.45, 2.75) is 36.0 Å². The Hall–Kier alpha value is -0.790. The van der Waals surface area contributed by atoms with Crippen LogP contribution in [0.4, 0.5) is 8.78 Å². The number of allylic oxidation sites excluding steroid dienone is 1. The van der Waals surface area contributed by atoms with E-state index in [0.29, 0.717) is 18.9 Å². The molecule has 2 bridgehead atoms. The summed E-state index contributed by atoms with van der Waals surface area (Å²) in [6.45, 7) is 6.22. The monoisotopic (exact) mass is 308 g/mol. The van der Waals surface area contributed by atoms with Crippen molar-refractivity contribution in [1.29, 1.82) is 0 Å². The molecule has 6 atom stereocenters. The van der Waals surface area contributed by atoms with Crippen LogP contribution in [0.5, 0.6) is 0 Å². The molecule has 0 radical (unpaired) electrons. The van der Waals surface area contributed by atoms with Crippen LogP contribution in [0.2, 0.25) is 0 Å². The molecule has 0 saturated heterocycles. The minimum Gasteiger partial charge on any atom is -0.393 e. The van der Waals surface area contributed by atoms with Gasteiger partial charge in [-0.2, -0.15) is 8.42 Å². The summed E-state index contributed by atoms with van der Waals surface area (Å²) in [4.78, 5) is 0. The molecular formula is C13H18F2O4S. The summed E-state index contributed by atoms with van der Waals surface area (Å²) in [6, 6.07) is 0. The number of halogens is 2. The van der Waals surface area contributed by atoms with E-state index in [1.165, 1.54) is 0 Å². The quantitative estimate of drug-likeness (QED) is 0.602. The SMILES string of the molecule is C=CC(F)(C1CC2CC1CC2O)C(F)(C=C)S(=O)(=O)O. The predicted octanol–water partition coefficient (Wildman–Crippen LogP) is 2.03. The Morgan fingerprint density at radius 2 is 1.70 bits per heavy atom. The van der Waals surface area contributed by atoms with Gasteiger partial charge >= 0.3 is 10.1 Å². The van der Waals surface area contributed by atoms with Gasteiger partial charge in [0.05, 0.1) is 6.10 Å². The highest BCUT2D eigenvalue weighted by Crippen LogP contribution is 2.57. The topological polar surface area (TPSA) is 74.6 Å². The van der Waals surface area contributed by atoms with Gasteiger partial charge in [-0.05, 0) is 43.3 Å². The third-order valence-electron chi connectivity index (χ3n) is 4.82. The van der Waals surface area contributed by atoms with Crippen molar-refractivity contribution >= 4 is 10.1 Å². The minimum atomic E-state index is -5.35. The highest BCUT2D eigenvalue weighted by atomic mass is 32.2. The summed E-state index contributed by atoms with van der Waals surface area (Å²) in [5, 5.41) is 6.03. The number of alkyl halides is 2. The van der Waals surface area contributed by atoms with Crippen molar-refractivity contribution in [2.75, 3.05) is 0 Å². The summed E-state index contributed by atoms with van der Waals surface area (Å²) in [7, 11) is -5.35. The van der Waals surface area contributed by atoms with Gasteiger partial charge in [-0.3, -0.25) is 4.55 Å². The van der Waals surface area contributed by atoms with Crippen LogP contribution in [0.3, 0.4) is 0 Å². The van der Waals surface area contributed by atoms with Gasteiger partial charge in [0, 0.05) is 5.92 Å². The van der Waals surface area contributed by atoms with Crippen molar-refractivity contribution in [3.63, 3.8) is 0 Å². The van der Waals surface area contributed by atoms with Crippen LogP contribution in [-0.4, -0.2) is 34.9 Å². The first kappa shape index (κ1) is 15.6. The van der Waals surface area contributed by atoms with E-state index in [-0.39, 0.29) is 24.3 Å². The lowest BCUT2D eigenvalue weighted by Gasteiger charge is -2.41. The predicted molar refractivity (Wildman–Crippen MR) is 69.9 cm³/mol. The third-order valence-corrected chi connectivity index (χ3v) is 6.05. The standard InChI is InChI=1S/C13H18F2O4S/c1-3-12(14,13(15,4-2)20(17,18)19)10-6-9-5-8(10)7-11(9)16/h3-4,8-11,16H,1-2,5-7H2,(H,17,18,19). The van der Waals surface area contributed by atoms with Gasteiger partial charge in [0.25, 0.3) is 5.00 Å². The van der Waals surface area contributed by atoms with Crippen molar-refractivity contribution in [1.82, 2.24) is 0 Å². The molecule has 2 aliphatic rings. The lowest BCUT2D eigenvalue weighted by atomic mass is 9.74. The van der Waals surface area contributed by atoms with Gasteiger partial charge in [-0.15, -0.1) is 0 Å². The van der Waals surface area contributed by atoms with E-state index in [1.54, 1.807) is 0 Å². The number of rotatable bonds is 5. The molecule has 2 N–H and O–H groups in total. The van der Waals surface area contributed by atoms with Crippen molar-refractivity contribution in [3.8, 4) is 0 Å². The molecule has 2 fully saturated rings. The molecule has 0 heterocycles. The van der Waals surface area contributed by atoms with Gasteiger partial charge in [-0.1, -0.05) is 13.2 Å². The molecule has 0 spiro atoms. The zero-order valence-electron chi connectivity index (χ0n) is 10.9. The van der Waals surface area contributed by atoms with E-state index >= 15 is 4.39 Å². The van der Waals surface area contributed by atoms with Crippen molar-refractivity contribution < 1.29 is 26.9 Å². The highest BCUT2D eigenvalue weighted by molar-refractivity contribution is 7.87. The molecule has 20 heavy (non-hydrogen) atoms. The van der Waals surface area contributed by atoms with Crippen molar-refractivity contribution in [3.05, 3.63) is 25.3 Å². The fraction of sp³-hybridized carbons (Fsp3) is 0.692. The number of aliphatic hydroxyl groups is 1. The van der Waals surface area contributed by atoms with Crippen molar-refractivity contribution in [2.24, 2.45) is 17.8 Å². The molecule has 2 saturated carbocycles. The fourth-order valence-corrected chi connectivity index (χ4v) is 4.60. The highest BCUT2D eigenvalue weighted by Gasteiger charge is 2.66. The molecule has 0 aromatic carbocycles. The maximum atomic E-state index is 15.2. The van der Waals surface area contributed by atoms with E-state index < -0.39 is 32.8 Å². The van der Waals surface area contributed by atoms with Crippen LogP contribution in [0.15, 0.2) is 25.3 Å². The fourth-order valence-electron chi connectivity index (χ4n) is 3.76. The number of hydrogen-bond acceptors (Lipinski definition) is 3. The Bertz CT molecular complexity index is 532. The van der Waals surface area contributed by atoms with Gasteiger partial charge in [-0.25, -0.2) is 8.78 Å². The van der Waals surface area contributed by atoms with Crippen LogP contribution >= 0.6 is 0 Å². The normalized spacial score (nSPS) is 39.0. The van der Waals surface area contributed by atoms with Crippen LogP contribution < -0.4 is 0 Å². The second kappa shape index (κ2) is 4.61. The van der Waals surface area contributed by atoms with Gasteiger partial charge < -0.3 is 5.11 Å². The minimum absolute atomic E-state index is 0.156. The molecule has 0 aromatic rings. The lowest BCUT2D eigenvalue weighted by molar-refractivity contribution is -0.0121. The Morgan fingerprint density at radius 3 is 2.00 bits per heavy atom. The van der Waals surface area contributed by atoms with E-state index in [0.717, 1.165) is 0 Å².